The molecule has 9 rings (SSSR count). The van der Waals surface area contributed by atoms with Crippen LogP contribution in [0.1, 0.15) is 106 Å². The Kier molecular flexibility index (Phi) is 23.8. The second kappa shape index (κ2) is 31.8. The van der Waals surface area contributed by atoms with E-state index in [0.29, 0.717) is 58.2 Å². The number of aromatic nitrogens is 1. The number of likely N-dealkylation sites (N-methyl/N-ethyl adjacent to an activating group) is 1. The van der Waals surface area contributed by atoms with E-state index in [1.54, 1.807) is 61.7 Å². The minimum atomic E-state index is -1.55. The number of hydrogen-bond donors (Lipinski definition) is 10. The molecular weight excluding hydrogens is 1200 g/mol. The molecular formula is C68H84FN11O13. The van der Waals surface area contributed by atoms with Gasteiger partial charge in [0.1, 0.15) is 35.2 Å². The number of ketones is 2. The number of halogens is 1. The average molecular weight is 1280 g/mol. The highest BCUT2D eigenvalue weighted by Crippen LogP contribution is 2.32. The number of nitrogens with one attached hydrogen (secondary N) is 8. The van der Waals surface area contributed by atoms with Crippen molar-refractivity contribution in [2.24, 2.45) is 17.6 Å². The number of aromatic amines is 1. The Labute approximate surface area is 538 Å². The maximum Gasteiger partial charge on any atom is 0.246 e. The van der Waals surface area contributed by atoms with E-state index < -0.39 is 144 Å². The Bertz CT molecular complexity index is 3580. The Balaban J connectivity index is 1.15. The molecule has 24 nitrogen and oxygen atoms in total. The molecule has 0 radical (unpaired) electrons. The molecule has 0 unspecified atom stereocenters. The van der Waals surface area contributed by atoms with Crippen LogP contribution in [0.4, 0.5) is 4.39 Å². The van der Waals surface area contributed by atoms with Crippen molar-refractivity contribution in [2.75, 3.05) is 33.8 Å². The molecule has 4 aliphatic rings. The molecule has 1 fully saturated rings. The maximum atomic E-state index is 15.5. The van der Waals surface area contributed by atoms with Gasteiger partial charge in [-0.25, -0.2) is 4.39 Å². The molecule has 9 atom stereocenters. The molecule has 4 aromatic carbocycles. The van der Waals surface area contributed by atoms with E-state index in [1.807, 2.05) is 24.3 Å². The lowest BCUT2D eigenvalue weighted by molar-refractivity contribution is -0.147. The van der Waals surface area contributed by atoms with Gasteiger partial charge in [0.2, 0.25) is 53.2 Å². The number of nitrogens with two attached hydrogens (primary N) is 1. The van der Waals surface area contributed by atoms with Crippen LogP contribution in [0.2, 0.25) is 0 Å². The van der Waals surface area contributed by atoms with Crippen LogP contribution in [0.3, 0.4) is 0 Å². The van der Waals surface area contributed by atoms with Crippen LogP contribution in [0.25, 0.3) is 10.9 Å². The van der Waals surface area contributed by atoms with Crippen LogP contribution >= 0.6 is 0 Å². The molecule has 6 bridgehead atoms. The third-order valence-corrected chi connectivity index (χ3v) is 17.8. The number of ether oxygens (including phenoxy) is 1. The third-order valence-electron chi connectivity index (χ3n) is 17.8. The van der Waals surface area contributed by atoms with E-state index in [4.69, 9.17) is 10.5 Å². The molecule has 0 saturated carbocycles. The number of methoxy groups -OCH3 is 1. The number of Topliss-reactive ketones (excluding diaryl/α,β-unsaturated/α-hetero) is 2. The first-order valence-corrected chi connectivity index (χ1v) is 31.5. The third kappa shape index (κ3) is 18.2. The minimum absolute atomic E-state index is 0.0158. The Morgan fingerprint density at radius 1 is 0.688 bits per heavy atom. The van der Waals surface area contributed by atoms with Crippen molar-refractivity contribution in [3.63, 3.8) is 0 Å². The van der Waals surface area contributed by atoms with Gasteiger partial charge in [0.15, 0.2) is 11.6 Å². The van der Waals surface area contributed by atoms with Crippen LogP contribution in [0, 0.1) is 17.7 Å². The predicted octanol–water partition coefficient (Wildman–Crippen LogP) is 2.18. The van der Waals surface area contributed by atoms with Crippen molar-refractivity contribution in [2.45, 2.75) is 153 Å². The van der Waals surface area contributed by atoms with Gasteiger partial charge in [-0.2, -0.15) is 0 Å². The summed E-state index contributed by atoms with van der Waals surface area (Å²) in [6.07, 6.45) is -1.72. The van der Waals surface area contributed by atoms with Gasteiger partial charge >= 0.3 is 0 Å². The number of fused-ring (bicyclic) bond motifs is 26. The average Bonchev–Trinajstić information content (AvgIpc) is 1.79. The van der Waals surface area contributed by atoms with Gasteiger partial charge in [-0.1, -0.05) is 60.7 Å². The fourth-order valence-corrected chi connectivity index (χ4v) is 12.2. The lowest BCUT2D eigenvalue weighted by Crippen LogP contribution is -2.60. The molecule has 5 aromatic rings. The lowest BCUT2D eigenvalue weighted by atomic mass is 9.87. The van der Waals surface area contributed by atoms with Crippen LogP contribution in [-0.4, -0.2) is 160 Å². The lowest BCUT2D eigenvalue weighted by Gasteiger charge is -2.37. The Hall–Kier alpha value is -9.36. The fraction of sp³-hybridized carbons (Fsp3) is 0.456. The molecule has 496 valence electrons. The highest BCUT2D eigenvalue weighted by atomic mass is 19.1. The molecule has 93 heavy (non-hydrogen) atoms. The smallest absolute Gasteiger partial charge is 0.246 e. The summed E-state index contributed by atoms with van der Waals surface area (Å²) in [5, 5.41) is 31.1. The van der Waals surface area contributed by atoms with Crippen LogP contribution in [-0.2, 0) is 91.5 Å². The molecule has 9 amide bonds. The SMILES string of the molecule is COc1ccc(C[C@@H]2NC(=O)[C@H]([C@@H](C)O)CC(=O)[C@@H]3CCC(=O)NCc4cccc(c4)C[C@H](NC(=O)[C@@H](CN)NC(=O)[C@H](C)NC(=O)CCC(=O)NCc4ccc(cc4)CCNC(=O)[C@]4(C)CCCN4C2=O)C(=O)C[C@@H](Cc2c[nH]c4ccc(F)cc24)C(=O)N3C)cc1. The number of carbonyl (C=O) groups is 11. The van der Waals surface area contributed by atoms with Gasteiger partial charge in [-0.3, -0.25) is 52.7 Å². The highest BCUT2D eigenvalue weighted by molar-refractivity contribution is 5.99. The van der Waals surface area contributed by atoms with Crippen molar-refractivity contribution in [3.8, 4) is 5.75 Å². The van der Waals surface area contributed by atoms with Gasteiger partial charge in [0, 0.05) is 101 Å². The topological polar surface area (TPSA) is 350 Å². The molecule has 4 aliphatic heterocycles. The van der Waals surface area contributed by atoms with Gasteiger partial charge in [0.25, 0.3) is 0 Å². The van der Waals surface area contributed by atoms with Gasteiger partial charge in [-0.15, -0.1) is 0 Å². The van der Waals surface area contributed by atoms with Gasteiger partial charge in [0.05, 0.1) is 31.2 Å². The summed E-state index contributed by atoms with van der Waals surface area (Å²) in [5.74, 6) is -10.4. The van der Waals surface area contributed by atoms with Crippen molar-refractivity contribution in [1.82, 2.24) is 52.0 Å². The number of aliphatic hydroxyl groups is 1. The second-order valence-corrected chi connectivity index (χ2v) is 24.6. The summed E-state index contributed by atoms with van der Waals surface area (Å²) < 4.78 is 20.3. The quantitative estimate of drug-likeness (QED) is 0.105. The zero-order valence-electron chi connectivity index (χ0n) is 53.1. The monoisotopic (exact) mass is 1280 g/mol. The second-order valence-electron chi connectivity index (χ2n) is 24.6. The summed E-state index contributed by atoms with van der Waals surface area (Å²) in [6.45, 7) is 4.34. The zero-order valence-corrected chi connectivity index (χ0v) is 53.1. The largest absolute Gasteiger partial charge is 0.497 e. The molecule has 0 aliphatic carbocycles. The fourth-order valence-electron chi connectivity index (χ4n) is 12.2. The molecule has 0 spiro atoms. The van der Waals surface area contributed by atoms with Crippen molar-refractivity contribution >= 4 is 75.6 Å². The number of benzene rings is 4. The number of hydrogen-bond acceptors (Lipinski definition) is 14. The summed E-state index contributed by atoms with van der Waals surface area (Å²) in [5.41, 5.74) is 9.00. The molecule has 25 heteroatoms. The Morgan fingerprint density at radius 3 is 2.08 bits per heavy atom. The maximum absolute atomic E-state index is 15.5. The number of nitrogens with zero attached hydrogens (tertiary/aromatic N) is 2. The van der Waals surface area contributed by atoms with E-state index >= 15 is 19.2 Å². The first-order valence-electron chi connectivity index (χ1n) is 31.5. The van der Waals surface area contributed by atoms with Crippen LogP contribution in [0.5, 0.6) is 5.75 Å². The number of carbonyl (C=O) groups excluding carboxylic acids is 11. The Morgan fingerprint density at radius 2 is 1.37 bits per heavy atom. The highest BCUT2D eigenvalue weighted by Gasteiger charge is 2.48. The number of H-pyrrole nitrogens is 1. The molecule has 1 saturated heterocycles. The minimum Gasteiger partial charge on any atom is -0.497 e. The van der Waals surface area contributed by atoms with Gasteiger partial charge < -0.3 is 67.6 Å². The molecule has 5 heterocycles. The normalized spacial score (nSPS) is 25.0. The van der Waals surface area contributed by atoms with Crippen LogP contribution < -0.4 is 47.7 Å². The summed E-state index contributed by atoms with van der Waals surface area (Å²) >= 11 is 0. The van der Waals surface area contributed by atoms with Crippen molar-refractivity contribution < 1.29 is 67.0 Å². The van der Waals surface area contributed by atoms with Gasteiger partial charge in [-0.05, 0) is 123 Å². The molecule has 11 N–H and O–H groups in total. The summed E-state index contributed by atoms with van der Waals surface area (Å²) in [7, 11) is 2.81. The summed E-state index contributed by atoms with van der Waals surface area (Å²) in [4.78, 5) is 163. The van der Waals surface area contributed by atoms with Crippen LogP contribution in [0.15, 0.2) is 97.2 Å². The van der Waals surface area contributed by atoms with E-state index in [1.165, 1.54) is 51.1 Å². The van der Waals surface area contributed by atoms with Crippen molar-refractivity contribution in [1.29, 1.82) is 0 Å². The number of aliphatic hydroxyl groups excluding tert-OH is 1. The first-order chi connectivity index (χ1) is 44.4. The number of amides is 9. The van der Waals surface area contributed by atoms with E-state index in [2.05, 4.69) is 42.2 Å². The van der Waals surface area contributed by atoms with E-state index in [9.17, 15) is 43.1 Å². The van der Waals surface area contributed by atoms with Crippen molar-refractivity contribution in [3.05, 3.63) is 136 Å². The van der Waals surface area contributed by atoms with E-state index in [0.717, 1.165) is 16.0 Å². The predicted molar refractivity (Wildman–Crippen MR) is 340 cm³/mol. The standard InChI is InChI=1S/C68H84FN11O13/c1-39-62(87)78-55(35-70)64(89)76-53-30-44-8-6-9-45(28-44)37-74-59(84)21-20-56(79(4)65(90)46(32-57(53)82)31-47-38-72-52-19-16-48(69)33-51(47)52)58(83)34-50(40(2)81)63(88)77-54(29-42-14-17-49(93-5)18-15-42)66(91)80-27-7-25-68(80,3)67(92)71-26-24-41-10-12-43(13-11-41)36-73-60(85)22-23-61(86)75-39/h6,8-19,28,33,38-40,46,50,53-56,72,81H,7,20-27,29-32,34-37,70H2,1-5H3,(H,71,92)(H,73,85)(H,74,84)(H,75,86)(H,76,89)(H,77,88)(H,78,87)/t39-,40+,46+,50-,53-,54-,55+,56-,68-/m0/s1. The molecule has 1 aromatic heterocycles. The number of rotatable bonds is 7. The van der Waals surface area contributed by atoms with E-state index in [-0.39, 0.29) is 71.1 Å². The first kappa shape index (κ1) is 69.5. The summed E-state index contributed by atoms with van der Waals surface area (Å²) in [6, 6.07) is 18.0. The zero-order chi connectivity index (χ0) is 67.1.